The standard InChI is InChI=1S/C14H21FN2O2S/c15-13-6-4-12(5-7-13)10-20(18,19)17-11-14(16)8-2-1-3-9-14/h4-7,17H,1-3,8-11,16H2. The van der Waals surface area contributed by atoms with Gasteiger partial charge in [-0.15, -0.1) is 0 Å². The van der Waals surface area contributed by atoms with Crippen LogP contribution in [0, 0.1) is 5.82 Å². The monoisotopic (exact) mass is 300 g/mol. The molecule has 1 aliphatic rings. The van der Waals surface area contributed by atoms with Crippen molar-refractivity contribution in [2.45, 2.75) is 43.4 Å². The van der Waals surface area contributed by atoms with E-state index in [9.17, 15) is 12.8 Å². The molecule has 0 heterocycles. The summed E-state index contributed by atoms with van der Waals surface area (Å²) in [7, 11) is -3.44. The van der Waals surface area contributed by atoms with E-state index in [-0.39, 0.29) is 18.1 Å². The molecule has 20 heavy (non-hydrogen) atoms. The molecule has 1 aromatic carbocycles. The molecule has 0 aliphatic heterocycles. The number of halogens is 1. The molecule has 1 fully saturated rings. The molecule has 4 nitrogen and oxygen atoms in total. The van der Waals surface area contributed by atoms with Crippen molar-refractivity contribution < 1.29 is 12.8 Å². The Morgan fingerprint density at radius 3 is 2.35 bits per heavy atom. The highest BCUT2D eigenvalue weighted by Crippen LogP contribution is 2.25. The van der Waals surface area contributed by atoms with Crippen LogP contribution in [0.15, 0.2) is 24.3 Å². The number of sulfonamides is 1. The maximum absolute atomic E-state index is 12.8. The Hall–Kier alpha value is -0.980. The van der Waals surface area contributed by atoms with Crippen molar-refractivity contribution in [3.63, 3.8) is 0 Å². The SMILES string of the molecule is NC1(CNS(=O)(=O)Cc2ccc(F)cc2)CCCCC1. The van der Waals surface area contributed by atoms with E-state index in [2.05, 4.69) is 4.72 Å². The van der Waals surface area contributed by atoms with Crippen LogP contribution in [0.25, 0.3) is 0 Å². The zero-order valence-corrected chi connectivity index (χ0v) is 12.3. The van der Waals surface area contributed by atoms with Crippen molar-refractivity contribution in [1.82, 2.24) is 4.72 Å². The van der Waals surface area contributed by atoms with Crippen LogP contribution in [0.1, 0.15) is 37.7 Å². The first-order valence-electron chi connectivity index (χ1n) is 6.89. The molecule has 0 amide bonds. The van der Waals surface area contributed by atoms with E-state index in [0.29, 0.717) is 5.56 Å². The molecule has 0 unspecified atom stereocenters. The molecular formula is C14H21FN2O2S. The lowest BCUT2D eigenvalue weighted by atomic mass is 9.83. The van der Waals surface area contributed by atoms with E-state index in [1.165, 1.54) is 30.7 Å². The summed E-state index contributed by atoms with van der Waals surface area (Å²) in [6, 6.07) is 5.48. The fourth-order valence-corrected chi connectivity index (χ4v) is 3.78. The van der Waals surface area contributed by atoms with Gasteiger partial charge in [-0.05, 0) is 30.5 Å². The maximum Gasteiger partial charge on any atom is 0.215 e. The van der Waals surface area contributed by atoms with Crippen molar-refractivity contribution >= 4 is 10.0 Å². The highest BCUT2D eigenvalue weighted by molar-refractivity contribution is 7.88. The summed E-state index contributed by atoms with van der Waals surface area (Å²) >= 11 is 0. The third-order valence-electron chi connectivity index (χ3n) is 3.76. The number of nitrogens with two attached hydrogens (primary N) is 1. The van der Waals surface area contributed by atoms with Crippen LogP contribution in [0.2, 0.25) is 0 Å². The highest BCUT2D eigenvalue weighted by atomic mass is 32.2. The van der Waals surface area contributed by atoms with Gasteiger partial charge in [-0.1, -0.05) is 31.4 Å². The maximum atomic E-state index is 12.8. The molecule has 0 radical (unpaired) electrons. The second kappa shape index (κ2) is 6.20. The molecule has 0 aromatic heterocycles. The Balaban J connectivity index is 1.92. The molecule has 1 aliphatic carbocycles. The molecule has 1 aromatic rings. The molecule has 1 saturated carbocycles. The van der Waals surface area contributed by atoms with Gasteiger partial charge >= 0.3 is 0 Å². The van der Waals surface area contributed by atoms with Crippen molar-refractivity contribution in [3.8, 4) is 0 Å². The Labute approximate surface area is 119 Å². The quantitative estimate of drug-likeness (QED) is 0.872. The lowest BCUT2D eigenvalue weighted by molar-refractivity contribution is 0.296. The van der Waals surface area contributed by atoms with Gasteiger partial charge in [0.05, 0.1) is 5.75 Å². The van der Waals surface area contributed by atoms with Gasteiger partial charge in [-0.2, -0.15) is 0 Å². The summed E-state index contributed by atoms with van der Waals surface area (Å²) in [4.78, 5) is 0. The Bertz CT molecular complexity index is 537. The Morgan fingerprint density at radius 1 is 1.15 bits per heavy atom. The minimum absolute atomic E-state index is 0.149. The minimum atomic E-state index is -3.44. The van der Waals surface area contributed by atoms with Gasteiger partial charge in [0.1, 0.15) is 5.82 Å². The number of rotatable bonds is 5. The molecule has 0 saturated heterocycles. The first-order chi connectivity index (χ1) is 9.39. The zero-order chi connectivity index (χ0) is 14.6. The summed E-state index contributed by atoms with van der Waals surface area (Å²) in [5, 5.41) is 0. The molecule has 6 heteroatoms. The third kappa shape index (κ3) is 4.54. The fourth-order valence-electron chi connectivity index (χ4n) is 2.54. The topological polar surface area (TPSA) is 72.2 Å². The fraction of sp³-hybridized carbons (Fsp3) is 0.571. The van der Waals surface area contributed by atoms with E-state index in [4.69, 9.17) is 5.73 Å². The molecular weight excluding hydrogens is 279 g/mol. The molecule has 0 atom stereocenters. The molecule has 0 spiro atoms. The van der Waals surface area contributed by atoms with E-state index >= 15 is 0 Å². The minimum Gasteiger partial charge on any atom is -0.324 e. The lowest BCUT2D eigenvalue weighted by Gasteiger charge is -2.33. The van der Waals surface area contributed by atoms with Crippen LogP contribution in [0.5, 0.6) is 0 Å². The van der Waals surface area contributed by atoms with E-state index < -0.39 is 15.6 Å². The first-order valence-corrected chi connectivity index (χ1v) is 8.55. The van der Waals surface area contributed by atoms with E-state index in [1.807, 2.05) is 0 Å². The highest BCUT2D eigenvalue weighted by Gasteiger charge is 2.28. The normalized spacial score (nSPS) is 18.9. The van der Waals surface area contributed by atoms with Crippen LogP contribution in [-0.2, 0) is 15.8 Å². The summed E-state index contributed by atoms with van der Waals surface area (Å²) in [6.45, 7) is 0.274. The van der Waals surface area contributed by atoms with Crippen LogP contribution in [-0.4, -0.2) is 20.5 Å². The van der Waals surface area contributed by atoms with Gasteiger partial charge in [0.2, 0.25) is 10.0 Å². The van der Waals surface area contributed by atoms with Crippen molar-refractivity contribution in [2.24, 2.45) is 5.73 Å². The van der Waals surface area contributed by atoms with Crippen LogP contribution >= 0.6 is 0 Å². The Kier molecular flexibility index (Phi) is 4.78. The van der Waals surface area contributed by atoms with E-state index in [1.54, 1.807) is 0 Å². The van der Waals surface area contributed by atoms with Crippen LogP contribution in [0.3, 0.4) is 0 Å². The smallest absolute Gasteiger partial charge is 0.215 e. The van der Waals surface area contributed by atoms with Crippen molar-refractivity contribution in [3.05, 3.63) is 35.6 Å². The predicted octanol–water partition coefficient (Wildman–Crippen LogP) is 1.91. The summed E-state index contributed by atoms with van der Waals surface area (Å²) < 4.78 is 39.4. The van der Waals surface area contributed by atoms with Gasteiger partial charge < -0.3 is 5.73 Å². The number of hydrogen-bond acceptors (Lipinski definition) is 3. The van der Waals surface area contributed by atoms with Gasteiger partial charge in [0.25, 0.3) is 0 Å². The lowest BCUT2D eigenvalue weighted by Crippen LogP contribution is -2.51. The third-order valence-corrected chi connectivity index (χ3v) is 5.06. The van der Waals surface area contributed by atoms with Crippen LogP contribution < -0.4 is 10.5 Å². The molecule has 0 bridgehead atoms. The average molecular weight is 300 g/mol. The largest absolute Gasteiger partial charge is 0.324 e. The van der Waals surface area contributed by atoms with Gasteiger partial charge in [0, 0.05) is 12.1 Å². The van der Waals surface area contributed by atoms with Crippen molar-refractivity contribution in [1.29, 1.82) is 0 Å². The molecule has 2 rings (SSSR count). The summed E-state index contributed by atoms with van der Waals surface area (Å²) in [6.07, 6.45) is 4.98. The van der Waals surface area contributed by atoms with Gasteiger partial charge in [0.15, 0.2) is 0 Å². The van der Waals surface area contributed by atoms with E-state index in [0.717, 1.165) is 25.7 Å². The van der Waals surface area contributed by atoms with Crippen molar-refractivity contribution in [2.75, 3.05) is 6.54 Å². The number of hydrogen-bond donors (Lipinski definition) is 2. The second-order valence-corrected chi connectivity index (χ2v) is 7.44. The predicted molar refractivity (Wildman–Crippen MR) is 77.0 cm³/mol. The van der Waals surface area contributed by atoms with Gasteiger partial charge in [-0.25, -0.2) is 17.5 Å². The molecule has 112 valence electrons. The van der Waals surface area contributed by atoms with Crippen LogP contribution in [0.4, 0.5) is 4.39 Å². The summed E-state index contributed by atoms with van der Waals surface area (Å²) in [5.74, 6) is -0.522. The zero-order valence-electron chi connectivity index (χ0n) is 11.4. The second-order valence-electron chi connectivity index (χ2n) is 5.63. The average Bonchev–Trinajstić information content (AvgIpc) is 2.40. The number of nitrogens with one attached hydrogen (secondary N) is 1. The van der Waals surface area contributed by atoms with Gasteiger partial charge in [-0.3, -0.25) is 0 Å². The first kappa shape index (κ1) is 15.4. The number of benzene rings is 1. The molecule has 3 N–H and O–H groups in total. The Morgan fingerprint density at radius 2 is 1.75 bits per heavy atom. The summed E-state index contributed by atoms with van der Waals surface area (Å²) in [5.41, 5.74) is 6.34.